The predicted molar refractivity (Wildman–Crippen MR) is 38.5 cm³/mol. The molecule has 0 spiro atoms. The van der Waals surface area contributed by atoms with Crippen molar-refractivity contribution in [1.82, 2.24) is 0 Å². The van der Waals surface area contributed by atoms with Crippen molar-refractivity contribution in [2.24, 2.45) is 0 Å². The molecule has 2 N–H and O–H groups in total. The Bertz CT molecular complexity index is 167. The van der Waals surface area contributed by atoms with Crippen LogP contribution in [0.3, 0.4) is 0 Å². The van der Waals surface area contributed by atoms with Crippen molar-refractivity contribution in [2.45, 2.75) is 13.0 Å². The molecule has 0 aliphatic carbocycles. The molecule has 0 bridgehead atoms. The number of hydrogen-bond donors (Lipinski definition) is 2. The molecule has 0 saturated heterocycles. The van der Waals surface area contributed by atoms with E-state index in [0.717, 1.165) is 0 Å². The minimum absolute atomic E-state index is 0.103. The smallest absolute Gasteiger partial charge is 0.349 e. The summed E-state index contributed by atoms with van der Waals surface area (Å²) in [5.41, 5.74) is 0. The molecule has 0 rings (SSSR count). The average Bonchev–Trinajstić information content (AvgIpc) is 2.03. The van der Waals surface area contributed by atoms with E-state index in [2.05, 4.69) is 8.37 Å². The van der Waals surface area contributed by atoms with Crippen molar-refractivity contribution in [3.63, 3.8) is 0 Å². The van der Waals surface area contributed by atoms with Crippen LogP contribution in [0.2, 0.25) is 0 Å². The van der Waals surface area contributed by atoms with Crippen LogP contribution in [0.5, 0.6) is 0 Å². The lowest BCUT2D eigenvalue weighted by Gasteiger charge is -2.02. The molecule has 0 aliphatic rings. The first-order chi connectivity index (χ1) is 5.57. The quantitative estimate of drug-likeness (QED) is 0.557. The van der Waals surface area contributed by atoms with Gasteiger partial charge in [0.15, 0.2) is 0 Å². The van der Waals surface area contributed by atoms with Gasteiger partial charge in [-0.25, -0.2) is 9.59 Å². The third-order valence-electron chi connectivity index (χ3n) is 0.713. The third-order valence-corrected chi connectivity index (χ3v) is 1.20. The zero-order valence-corrected chi connectivity index (χ0v) is 7.04. The van der Waals surface area contributed by atoms with Gasteiger partial charge < -0.3 is 18.6 Å². The van der Waals surface area contributed by atoms with Gasteiger partial charge in [0, 0.05) is 0 Å². The maximum absolute atomic E-state index is 10.5. The van der Waals surface area contributed by atoms with Gasteiger partial charge in [-0.1, -0.05) is 0 Å². The van der Waals surface area contributed by atoms with Crippen LogP contribution in [0.4, 0.5) is 0 Å². The lowest BCUT2D eigenvalue weighted by molar-refractivity contribution is -0.142. The average molecular weight is 196 g/mol. The van der Waals surface area contributed by atoms with Crippen LogP contribution < -0.4 is 0 Å². The van der Waals surface area contributed by atoms with E-state index in [9.17, 15) is 9.59 Å². The second kappa shape index (κ2) is 5.81. The second-order valence-electron chi connectivity index (χ2n) is 1.76. The van der Waals surface area contributed by atoms with Crippen LogP contribution in [0.15, 0.2) is 0 Å². The molecule has 0 aliphatic heterocycles. The first-order valence-corrected chi connectivity index (χ1v) is 3.61. The van der Waals surface area contributed by atoms with Crippen molar-refractivity contribution in [2.75, 3.05) is 6.61 Å². The van der Waals surface area contributed by atoms with Gasteiger partial charge in [0.25, 0.3) is 12.3 Å². The molecular formula is C5H8O6S. The minimum Gasteiger partial charge on any atom is -0.385 e. The van der Waals surface area contributed by atoms with Crippen molar-refractivity contribution < 1.29 is 28.2 Å². The lowest BCUT2D eigenvalue weighted by Crippen LogP contribution is -2.17. The highest BCUT2D eigenvalue weighted by Gasteiger charge is 2.12. The first kappa shape index (κ1) is 11.2. The second-order valence-corrected chi connectivity index (χ2v) is 2.23. The standard InChI is InChI=1S/C5H8O6S/c1-3(7)5(9)11-12-10-4(8)2-6/h3,6-7H,2H2,1H3. The highest BCUT2D eigenvalue weighted by molar-refractivity contribution is 7.90. The maximum atomic E-state index is 10.5. The van der Waals surface area contributed by atoms with Crippen molar-refractivity contribution in [1.29, 1.82) is 0 Å². The Balaban J connectivity index is 3.44. The monoisotopic (exact) mass is 196 g/mol. The van der Waals surface area contributed by atoms with Crippen LogP contribution >= 0.6 is 12.3 Å². The number of carbonyl (C=O) groups excluding carboxylic acids is 2. The molecule has 7 heteroatoms. The zero-order valence-electron chi connectivity index (χ0n) is 6.22. The fraction of sp³-hybridized carbons (Fsp3) is 0.600. The molecule has 0 fully saturated rings. The summed E-state index contributed by atoms with van der Waals surface area (Å²) in [7, 11) is 0. The summed E-state index contributed by atoms with van der Waals surface area (Å²) in [6.45, 7) is 0.413. The van der Waals surface area contributed by atoms with Gasteiger partial charge >= 0.3 is 11.9 Å². The Labute approximate surface area is 72.9 Å². The van der Waals surface area contributed by atoms with E-state index in [-0.39, 0.29) is 12.3 Å². The molecule has 0 saturated carbocycles. The van der Waals surface area contributed by atoms with Gasteiger partial charge in [-0.3, -0.25) is 0 Å². The van der Waals surface area contributed by atoms with Crippen LogP contribution in [0.1, 0.15) is 6.92 Å². The van der Waals surface area contributed by atoms with Gasteiger partial charge in [0.05, 0.1) is 0 Å². The summed E-state index contributed by atoms with van der Waals surface area (Å²) in [5.74, 6) is -1.86. The van der Waals surface area contributed by atoms with Crippen LogP contribution in [-0.4, -0.2) is 34.9 Å². The zero-order chi connectivity index (χ0) is 9.56. The van der Waals surface area contributed by atoms with E-state index in [1.165, 1.54) is 6.92 Å². The van der Waals surface area contributed by atoms with Gasteiger partial charge in [0.1, 0.15) is 12.7 Å². The Morgan fingerprint density at radius 3 is 2.50 bits per heavy atom. The van der Waals surface area contributed by atoms with Gasteiger partial charge in [-0.2, -0.15) is 0 Å². The number of hydrogen-bond acceptors (Lipinski definition) is 7. The van der Waals surface area contributed by atoms with Gasteiger partial charge in [0.2, 0.25) is 0 Å². The Morgan fingerprint density at radius 1 is 1.50 bits per heavy atom. The molecule has 6 nitrogen and oxygen atoms in total. The summed E-state index contributed by atoms with van der Waals surface area (Å²) in [6.07, 6.45) is -1.27. The molecule has 70 valence electrons. The maximum Gasteiger partial charge on any atom is 0.349 e. The summed E-state index contributed by atoms with van der Waals surface area (Å²) in [5, 5.41) is 16.7. The Hall–Kier alpha value is -0.790. The summed E-state index contributed by atoms with van der Waals surface area (Å²) >= 11 is 0.103. The lowest BCUT2D eigenvalue weighted by atomic mass is 10.4. The van der Waals surface area contributed by atoms with E-state index in [1.54, 1.807) is 0 Å². The van der Waals surface area contributed by atoms with Crippen LogP contribution in [-0.2, 0) is 18.0 Å². The van der Waals surface area contributed by atoms with E-state index in [0.29, 0.717) is 0 Å². The van der Waals surface area contributed by atoms with E-state index < -0.39 is 24.6 Å². The molecule has 0 radical (unpaired) electrons. The number of aliphatic hydroxyl groups excluding tert-OH is 2. The molecule has 0 aromatic heterocycles. The topological polar surface area (TPSA) is 93.1 Å². The largest absolute Gasteiger partial charge is 0.385 e. The van der Waals surface area contributed by atoms with Crippen LogP contribution in [0, 0.1) is 0 Å². The SMILES string of the molecule is CC(O)C(=O)OSOC(=O)CO. The van der Waals surface area contributed by atoms with Gasteiger partial charge in [-0.15, -0.1) is 0 Å². The summed E-state index contributed by atoms with van der Waals surface area (Å²) in [6, 6.07) is 0. The van der Waals surface area contributed by atoms with Crippen LogP contribution in [0.25, 0.3) is 0 Å². The number of aliphatic hydroxyl groups is 2. The molecular weight excluding hydrogens is 188 g/mol. The van der Waals surface area contributed by atoms with E-state index in [1.807, 2.05) is 0 Å². The third kappa shape index (κ3) is 4.94. The molecule has 12 heavy (non-hydrogen) atoms. The molecule has 0 aromatic carbocycles. The summed E-state index contributed by atoms with van der Waals surface area (Å²) in [4.78, 5) is 20.7. The predicted octanol–water partition coefficient (Wildman–Crippen LogP) is -0.991. The van der Waals surface area contributed by atoms with E-state index in [4.69, 9.17) is 10.2 Å². The minimum atomic E-state index is -1.27. The highest BCUT2D eigenvalue weighted by atomic mass is 32.2. The fourth-order valence-electron chi connectivity index (χ4n) is 0.184. The molecule has 1 unspecified atom stereocenters. The summed E-state index contributed by atoms with van der Waals surface area (Å²) < 4.78 is 8.24. The number of rotatable bonds is 4. The molecule has 0 heterocycles. The number of carbonyl (C=O) groups is 2. The van der Waals surface area contributed by atoms with Crippen molar-refractivity contribution >= 4 is 24.3 Å². The van der Waals surface area contributed by atoms with Gasteiger partial charge in [-0.05, 0) is 6.92 Å². The van der Waals surface area contributed by atoms with Crippen molar-refractivity contribution in [3.05, 3.63) is 0 Å². The fourth-order valence-corrected chi connectivity index (χ4v) is 0.553. The highest BCUT2D eigenvalue weighted by Crippen LogP contribution is 2.06. The Morgan fingerprint density at radius 2 is 2.08 bits per heavy atom. The Kier molecular flexibility index (Phi) is 5.43. The molecule has 1 atom stereocenters. The van der Waals surface area contributed by atoms with E-state index >= 15 is 0 Å². The normalized spacial score (nSPS) is 11.9. The first-order valence-electron chi connectivity index (χ1n) is 2.94. The van der Waals surface area contributed by atoms with Crippen molar-refractivity contribution in [3.8, 4) is 0 Å². The molecule has 0 amide bonds. The molecule has 0 aromatic rings.